The lowest BCUT2D eigenvalue weighted by Crippen LogP contribution is -2.39. The van der Waals surface area contributed by atoms with Gasteiger partial charge >= 0.3 is 0 Å². The van der Waals surface area contributed by atoms with E-state index in [1.54, 1.807) is 0 Å². The molecule has 2 fully saturated rings. The number of unbranched alkanes of at least 4 members (excludes halogenated alkanes) is 2. The highest BCUT2D eigenvalue weighted by Gasteiger charge is 2.56. The van der Waals surface area contributed by atoms with E-state index in [1.165, 1.54) is 64.2 Å². The van der Waals surface area contributed by atoms with Gasteiger partial charge in [-0.2, -0.15) is 0 Å². The zero-order valence-electron chi connectivity index (χ0n) is 12.9. The Morgan fingerprint density at radius 1 is 1.05 bits per heavy atom. The molecule has 19 heavy (non-hydrogen) atoms. The minimum Gasteiger partial charge on any atom is -0.342 e. The minimum absolute atomic E-state index is 0.0781. The molecular weight excluding hydrogens is 234 g/mol. The first-order chi connectivity index (χ1) is 9.24. The molecule has 0 aromatic rings. The molecule has 0 unspecified atom stereocenters. The number of nitrogens with zero attached hydrogens (tertiary/aromatic N) is 1. The first kappa shape index (κ1) is 14.9. The summed E-state index contributed by atoms with van der Waals surface area (Å²) in [5.74, 6) is 1.18. The maximum absolute atomic E-state index is 12.8. The zero-order chi connectivity index (χ0) is 13.7. The minimum atomic E-state index is 0.0781. The van der Waals surface area contributed by atoms with Crippen LogP contribution in [0.3, 0.4) is 0 Å². The number of rotatable bonds is 8. The SMILES string of the molecule is CCCCC(CCCC)C1(C(=O)N2CCCC2)CC1. The monoisotopic (exact) mass is 265 g/mol. The quantitative estimate of drug-likeness (QED) is 0.637. The van der Waals surface area contributed by atoms with Crippen molar-refractivity contribution in [2.24, 2.45) is 11.3 Å². The van der Waals surface area contributed by atoms with E-state index in [-0.39, 0.29) is 5.41 Å². The van der Waals surface area contributed by atoms with Gasteiger partial charge in [0.2, 0.25) is 5.91 Å². The maximum Gasteiger partial charge on any atom is 0.229 e. The van der Waals surface area contributed by atoms with Gasteiger partial charge in [-0.05, 0) is 44.4 Å². The molecule has 1 aliphatic carbocycles. The van der Waals surface area contributed by atoms with Crippen LogP contribution in [-0.4, -0.2) is 23.9 Å². The third-order valence-electron chi connectivity index (χ3n) is 5.20. The molecule has 2 heteroatoms. The van der Waals surface area contributed by atoms with Crippen molar-refractivity contribution in [2.75, 3.05) is 13.1 Å². The Labute approximate surface area is 118 Å². The first-order valence-corrected chi connectivity index (χ1v) is 8.54. The van der Waals surface area contributed by atoms with Gasteiger partial charge in [0, 0.05) is 13.1 Å². The Hall–Kier alpha value is -0.530. The molecule has 1 saturated heterocycles. The van der Waals surface area contributed by atoms with Gasteiger partial charge in [0.15, 0.2) is 0 Å². The molecule has 2 nitrogen and oxygen atoms in total. The van der Waals surface area contributed by atoms with E-state index in [2.05, 4.69) is 18.7 Å². The summed E-state index contributed by atoms with van der Waals surface area (Å²) >= 11 is 0. The van der Waals surface area contributed by atoms with E-state index in [1.807, 2.05) is 0 Å². The van der Waals surface area contributed by atoms with Crippen molar-refractivity contribution >= 4 is 5.91 Å². The van der Waals surface area contributed by atoms with Crippen LogP contribution in [0.5, 0.6) is 0 Å². The van der Waals surface area contributed by atoms with Crippen LogP contribution >= 0.6 is 0 Å². The fourth-order valence-corrected chi connectivity index (χ4v) is 3.76. The van der Waals surface area contributed by atoms with Crippen molar-refractivity contribution in [3.63, 3.8) is 0 Å². The normalized spacial score (nSPS) is 21.1. The average molecular weight is 265 g/mol. The molecule has 1 aliphatic heterocycles. The summed E-state index contributed by atoms with van der Waals surface area (Å²) in [4.78, 5) is 15.0. The topological polar surface area (TPSA) is 20.3 Å². The molecule has 2 rings (SSSR count). The summed E-state index contributed by atoms with van der Waals surface area (Å²) in [6.07, 6.45) is 12.4. The second kappa shape index (κ2) is 6.76. The van der Waals surface area contributed by atoms with Crippen LogP contribution in [-0.2, 0) is 4.79 Å². The molecule has 0 radical (unpaired) electrons. The van der Waals surface area contributed by atoms with Gasteiger partial charge in [0.25, 0.3) is 0 Å². The number of carbonyl (C=O) groups is 1. The van der Waals surface area contributed by atoms with Crippen molar-refractivity contribution < 1.29 is 4.79 Å². The predicted octanol–water partition coefficient (Wildman–Crippen LogP) is 4.39. The maximum atomic E-state index is 12.8. The van der Waals surface area contributed by atoms with Crippen LogP contribution < -0.4 is 0 Å². The number of hydrogen-bond acceptors (Lipinski definition) is 1. The van der Waals surface area contributed by atoms with Crippen LogP contribution in [0.1, 0.15) is 78.1 Å². The van der Waals surface area contributed by atoms with E-state index >= 15 is 0 Å². The number of hydrogen-bond donors (Lipinski definition) is 0. The third-order valence-corrected chi connectivity index (χ3v) is 5.20. The summed E-state index contributed by atoms with van der Waals surface area (Å²) in [5, 5.41) is 0. The Bertz CT molecular complexity index is 282. The molecule has 1 heterocycles. The Morgan fingerprint density at radius 3 is 2.00 bits per heavy atom. The molecule has 1 saturated carbocycles. The van der Waals surface area contributed by atoms with E-state index in [0.29, 0.717) is 11.8 Å². The largest absolute Gasteiger partial charge is 0.342 e. The molecule has 0 aromatic heterocycles. The fraction of sp³-hybridized carbons (Fsp3) is 0.941. The lowest BCUT2D eigenvalue weighted by molar-refractivity contribution is -0.138. The highest BCUT2D eigenvalue weighted by Crippen LogP contribution is 2.56. The first-order valence-electron chi connectivity index (χ1n) is 8.54. The van der Waals surface area contributed by atoms with Crippen molar-refractivity contribution in [2.45, 2.75) is 78.1 Å². The molecule has 0 spiro atoms. The zero-order valence-corrected chi connectivity index (χ0v) is 12.9. The summed E-state index contributed by atoms with van der Waals surface area (Å²) in [6.45, 7) is 6.57. The summed E-state index contributed by atoms with van der Waals surface area (Å²) < 4.78 is 0. The summed E-state index contributed by atoms with van der Waals surface area (Å²) in [6, 6.07) is 0. The Morgan fingerprint density at radius 2 is 1.58 bits per heavy atom. The third kappa shape index (κ3) is 3.32. The van der Waals surface area contributed by atoms with Crippen molar-refractivity contribution in [3.05, 3.63) is 0 Å². The lowest BCUT2D eigenvalue weighted by Gasteiger charge is -2.30. The van der Waals surface area contributed by atoms with E-state index in [0.717, 1.165) is 13.1 Å². The number of likely N-dealkylation sites (tertiary alicyclic amines) is 1. The van der Waals surface area contributed by atoms with Gasteiger partial charge in [0.05, 0.1) is 5.41 Å². The summed E-state index contributed by atoms with van der Waals surface area (Å²) in [5.41, 5.74) is 0.0781. The van der Waals surface area contributed by atoms with E-state index in [9.17, 15) is 4.79 Å². The number of amides is 1. The molecule has 2 aliphatic rings. The average Bonchev–Trinajstić information content (AvgIpc) is 3.04. The van der Waals surface area contributed by atoms with Crippen molar-refractivity contribution in [1.82, 2.24) is 4.90 Å². The Balaban J connectivity index is 1.98. The molecular formula is C17H31NO. The van der Waals surface area contributed by atoms with E-state index in [4.69, 9.17) is 0 Å². The van der Waals surface area contributed by atoms with Gasteiger partial charge in [-0.25, -0.2) is 0 Å². The van der Waals surface area contributed by atoms with Crippen LogP contribution in [0.25, 0.3) is 0 Å². The molecule has 0 aromatic carbocycles. The molecule has 110 valence electrons. The lowest BCUT2D eigenvalue weighted by atomic mass is 9.80. The standard InChI is InChI=1S/C17H31NO/c1-3-5-9-15(10-6-4-2)17(11-12-17)16(19)18-13-7-8-14-18/h15H,3-14H2,1-2H3. The second-order valence-corrected chi connectivity index (χ2v) is 6.64. The van der Waals surface area contributed by atoms with Gasteiger partial charge < -0.3 is 4.90 Å². The molecule has 1 amide bonds. The number of carbonyl (C=O) groups excluding carboxylic acids is 1. The van der Waals surface area contributed by atoms with Gasteiger partial charge in [0.1, 0.15) is 0 Å². The molecule has 0 N–H and O–H groups in total. The van der Waals surface area contributed by atoms with Crippen molar-refractivity contribution in [3.8, 4) is 0 Å². The van der Waals surface area contributed by atoms with Crippen LogP contribution in [0.4, 0.5) is 0 Å². The fourth-order valence-electron chi connectivity index (χ4n) is 3.76. The van der Waals surface area contributed by atoms with Crippen molar-refractivity contribution in [1.29, 1.82) is 0 Å². The highest BCUT2D eigenvalue weighted by molar-refractivity contribution is 5.86. The highest BCUT2D eigenvalue weighted by atomic mass is 16.2. The molecule has 0 bridgehead atoms. The Kier molecular flexibility index (Phi) is 5.29. The van der Waals surface area contributed by atoms with Crippen LogP contribution in [0.15, 0.2) is 0 Å². The van der Waals surface area contributed by atoms with Crippen LogP contribution in [0, 0.1) is 11.3 Å². The van der Waals surface area contributed by atoms with Gasteiger partial charge in [-0.3, -0.25) is 4.79 Å². The van der Waals surface area contributed by atoms with Gasteiger partial charge in [-0.1, -0.05) is 39.5 Å². The second-order valence-electron chi connectivity index (χ2n) is 6.64. The smallest absolute Gasteiger partial charge is 0.229 e. The predicted molar refractivity (Wildman–Crippen MR) is 80.0 cm³/mol. The van der Waals surface area contributed by atoms with Crippen LogP contribution in [0.2, 0.25) is 0 Å². The van der Waals surface area contributed by atoms with E-state index < -0.39 is 0 Å². The van der Waals surface area contributed by atoms with Gasteiger partial charge in [-0.15, -0.1) is 0 Å². The summed E-state index contributed by atoms with van der Waals surface area (Å²) in [7, 11) is 0. The molecule has 0 atom stereocenters.